The number of rotatable bonds is 4. The SMILES string of the molecule is Cc1cccc(C(C)C)c1NC(=O)NC(C)c1nncn1C. The molecule has 1 aromatic carbocycles. The Labute approximate surface area is 130 Å². The summed E-state index contributed by atoms with van der Waals surface area (Å²) in [6.45, 7) is 8.10. The van der Waals surface area contributed by atoms with Crippen molar-refractivity contribution in [2.75, 3.05) is 5.32 Å². The zero-order valence-corrected chi connectivity index (χ0v) is 13.7. The molecule has 6 nitrogen and oxygen atoms in total. The van der Waals surface area contributed by atoms with Gasteiger partial charge in [0.2, 0.25) is 0 Å². The molecule has 0 aliphatic carbocycles. The van der Waals surface area contributed by atoms with Crippen LogP contribution in [0.5, 0.6) is 0 Å². The van der Waals surface area contributed by atoms with Gasteiger partial charge in [0.25, 0.3) is 0 Å². The van der Waals surface area contributed by atoms with Gasteiger partial charge in [-0.3, -0.25) is 0 Å². The van der Waals surface area contributed by atoms with E-state index in [1.165, 1.54) is 0 Å². The second-order valence-corrected chi connectivity index (χ2v) is 5.81. The third-order valence-electron chi connectivity index (χ3n) is 3.65. The molecule has 0 saturated heterocycles. The number of urea groups is 1. The van der Waals surface area contributed by atoms with Crippen LogP contribution in [0.3, 0.4) is 0 Å². The molecule has 2 N–H and O–H groups in total. The lowest BCUT2D eigenvalue weighted by atomic mass is 9.98. The van der Waals surface area contributed by atoms with Crippen molar-refractivity contribution in [3.8, 4) is 0 Å². The molecule has 0 radical (unpaired) electrons. The molecule has 22 heavy (non-hydrogen) atoms. The van der Waals surface area contributed by atoms with Crippen LogP contribution in [-0.4, -0.2) is 20.8 Å². The Kier molecular flexibility index (Phi) is 4.80. The number of carbonyl (C=O) groups is 1. The molecule has 1 unspecified atom stereocenters. The second-order valence-electron chi connectivity index (χ2n) is 5.81. The van der Waals surface area contributed by atoms with Gasteiger partial charge in [-0.1, -0.05) is 32.0 Å². The predicted molar refractivity (Wildman–Crippen MR) is 86.8 cm³/mol. The van der Waals surface area contributed by atoms with Crippen molar-refractivity contribution in [1.29, 1.82) is 0 Å². The molecule has 6 heteroatoms. The van der Waals surface area contributed by atoms with Crippen LogP contribution in [0.2, 0.25) is 0 Å². The topological polar surface area (TPSA) is 71.8 Å². The Balaban J connectivity index is 2.11. The summed E-state index contributed by atoms with van der Waals surface area (Å²) in [6.07, 6.45) is 1.61. The molecular weight excluding hydrogens is 278 g/mol. The van der Waals surface area contributed by atoms with Crippen molar-refractivity contribution in [3.05, 3.63) is 41.5 Å². The van der Waals surface area contributed by atoms with Gasteiger partial charge in [0.15, 0.2) is 5.82 Å². The third-order valence-corrected chi connectivity index (χ3v) is 3.65. The Bertz CT molecular complexity index is 662. The largest absolute Gasteiger partial charge is 0.328 e. The lowest BCUT2D eigenvalue weighted by molar-refractivity contribution is 0.248. The molecule has 0 aliphatic heterocycles. The average molecular weight is 301 g/mol. The molecule has 2 aromatic rings. The minimum atomic E-state index is -0.244. The first-order valence-electron chi connectivity index (χ1n) is 7.41. The van der Waals surface area contributed by atoms with E-state index in [1.807, 2.05) is 39.1 Å². The number of anilines is 1. The van der Waals surface area contributed by atoms with E-state index in [4.69, 9.17) is 0 Å². The second kappa shape index (κ2) is 6.60. The minimum absolute atomic E-state index is 0.223. The Morgan fingerprint density at radius 1 is 1.27 bits per heavy atom. The zero-order valence-electron chi connectivity index (χ0n) is 13.7. The van der Waals surface area contributed by atoms with E-state index >= 15 is 0 Å². The van der Waals surface area contributed by atoms with Crippen molar-refractivity contribution in [2.45, 2.75) is 39.7 Å². The van der Waals surface area contributed by atoms with Gasteiger partial charge in [-0.05, 0) is 30.9 Å². The van der Waals surface area contributed by atoms with Crippen LogP contribution in [0.1, 0.15) is 49.7 Å². The highest BCUT2D eigenvalue weighted by Crippen LogP contribution is 2.27. The van der Waals surface area contributed by atoms with Crippen molar-refractivity contribution in [1.82, 2.24) is 20.1 Å². The van der Waals surface area contributed by atoms with E-state index in [9.17, 15) is 4.79 Å². The highest BCUT2D eigenvalue weighted by molar-refractivity contribution is 5.91. The van der Waals surface area contributed by atoms with Crippen LogP contribution in [0.4, 0.5) is 10.5 Å². The van der Waals surface area contributed by atoms with Crippen LogP contribution >= 0.6 is 0 Å². The maximum atomic E-state index is 12.3. The van der Waals surface area contributed by atoms with Crippen LogP contribution in [0.25, 0.3) is 0 Å². The van der Waals surface area contributed by atoms with E-state index in [-0.39, 0.29) is 12.1 Å². The van der Waals surface area contributed by atoms with Crippen LogP contribution in [0, 0.1) is 6.92 Å². The quantitative estimate of drug-likeness (QED) is 0.911. The number of hydrogen-bond donors (Lipinski definition) is 2. The highest BCUT2D eigenvalue weighted by Gasteiger charge is 2.16. The number of aromatic nitrogens is 3. The number of carbonyl (C=O) groups excluding carboxylic acids is 1. The molecule has 2 rings (SSSR count). The summed E-state index contributed by atoms with van der Waals surface area (Å²) in [4.78, 5) is 12.3. The molecule has 1 heterocycles. The molecule has 0 bridgehead atoms. The fraction of sp³-hybridized carbons (Fsp3) is 0.438. The van der Waals surface area contributed by atoms with Crippen LogP contribution < -0.4 is 10.6 Å². The lowest BCUT2D eigenvalue weighted by Gasteiger charge is -2.18. The number of hydrogen-bond acceptors (Lipinski definition) is 3. The standard InChI is InChI=1S/C16H23N5O/c1-10(2)13-8-6-7-11(3)14(13)19-16(22)18-12(4)15-20-17-9-21(15)5/h6-10,12H,1-5H3,(H2,18,19,22). The normalized spacial score (nSPS) is 12.3. The summed E-state index contributed by atoms with van der Waals surface area (Å²) in [5, 5.41) is 13.7. The monoisotopic (exact) mass is 301 g/mol. The van der Waals surface area contributed by atoms with Crippen LogP contribution in [-0.2, 0) is 7.05 Å². The highest BCUT2D eigenvalue weighted by atomic mass is 16.2. The minimum Gasteiger partial charge on any atom is -0.328 e. The molecule has 0 aliphatic rings. The van der Waals surface area contributed by atoms with Crippen molar-refractivity contribution in [3.63, 3.8) is 0 Å². The average Bonchev–Trinajstić information content (AvgIpc) is 2.87. The summed E-state index contributed by atoms with van der Waals surface area (Å²) in [5.41, 5.74) is 3.05. The smallest absolute Gasteiger partial charge is 0.319 e. The predicted octanol–water partition coefficient (Wildman–Crippen LogP) is 3.13. The fourth-order valence-electron chi connectivity index (χ4n) is 2.44. The van der Waals surface area contributed by atoms with Crippen molar-refractivity contribution in [2.24, 2.45) is 7.05 Å². The number of nitrogens with one attached hydrogen (secondary N) is 2. The summed E-state index contributed by atoms with van der Waals surface area (Å²) in [7, 11) is 1.85. The van der Waals surface area contributed by atoms with Gasteiger partial charge in [0.1, 0.15) is 6.33 Å². The summed E-state index contributed by atoms with van der Waals surface area (Å²) < 4.78 is 1.79. The van der Waals surface area contributed by atoms with E-state index in [0.29, 0.717) is 11.7 Å². The number of para-hydroxylation sites is 1. The Morgan fingerprint density at radius 3 is 2.59 bits per heavy atom. The number of benzene rings is 1. The molecule has 1 atom stereocenters. The van der Waals surface area contributed by atoms with E-state index in [1.54, 1.807) is 10.9 Å². The molecular formula is C16H23N5O. The molecule has 2 amide bonds. The fourth-order valence-corrected chi connectivity index (χ4v) is 2.44. The van der Waals surface area contributed by atoms with Gasteiger partial charge in [-0.2, -0.15) is 0 Å². The molecule has 0 fully saturated rings. The van der Waals surface area contributed by atoms with E-state index in [2.05, 4.69) is 34.7 Å². The first-order chi connectivity index (χ1) is 10.4. The summed E-state index contributed by atoms with van der Waals surface area (Å²) in [6, 6.07) is 5.58. The van der Waals surface area contributed by atoms with E-state index in [0.717, 1.165) is 16.8 Å². The van der Waals surface area contributed by atoms with Crippen LogP contribution in [0.15, 0.2) is 24.5 Å². The van der Waals surface area contributed by atoms with E-state index < -0.39 is 0 Å². The lowest BCUT2D eigenvalue weighted by Crippen LogP contribution is -2.33. The zero-order chi connectivity index (χ0) is 16.3. The molecule has 0 saturated carbocycles. The number of amides is 2. The van der Waals surface area contributed by atoms with Gasteiger partial charge in [0.05, 0.1) is 6.04 Å². The maximum absolute atomic E-state index is 12.3. The third kappa shape index (κ3) is 3.44. The Hall–Kier alpha value is -2.37. The first-order valence-corrected chi connectivity index (χ1v) is 7.41. The number of aryl methyl sites for hydroxylation is 2. The summed E-state index contributed by atoms with van der Waals surface area (Å²) in [5.74, 6) is 1.05. The Morgan fingerprint density at radius 2 is 2.00 bits per heavy atom. The first kappa shape index (κ1) is 16.0. The molecule has 118 valence electrons. The molecule has 1 aromatic heterocycles. The van der Waals surface area contributed by atoms with Crippen molar-refractivity contribution >= 4 is 11.7 Å². The van der Waals surface area contributed by atoms with Crippen molar-refractivity contribution < 1.29 is 4.79 Å². The van der Waals surface area contributed by atoms with Gasteiger partial charge in [-0.15, -0.1) is 10.2 Å². The van der Waals surface area contributed by atoms with Gasteiger partial charge in [0, 0.05) is 12.7 Å². The van der Waals surface area contributed by atoms with Gasteiger partial charge < -0.3 is 15.2 Å². The van der Waals surface area contributed by atoms with Gasteiger partial charge >= 0.3 is 6.03 Å². The molecule has 0 spiro atoms. The van der Waals surface area contributed by atoms with Gasteiger partial charge in [-0.25, -0.2) is 4.79 Å². The number of nitrogens with zero attached hydrogens (tertiary/aromatic N) is 3. The summed E-state index contributed by atoms with van der Waals surface area (Å²) >= 11 is 0. The maximum Gasteiger partial charge on any atom is 0.319 e.